The molecule has 0 radical (unpaired) electrons. The highest BCUT2D eigenvalue weighted by Gasteiger charge is 2.37. The van der Waals surface area contributed by atoms with Gasteiger partial charge < -0.3 is 9.26 Å². The molecule has 11 heteroatoms. The Hall–Kier alpha value is -1.90. The largest absolute Gasteiger partial charge is 0.530 e. The summed E-state index contributed by atoms with van der Waals surface area (Å²) in [6, 6.07) is 6.16. The molecule has 1 fully saturated rings. The number of halogens is 1. The molecule has 9 nitrogen and oxygen atoms in total. The Balaban J connectivity index is 1.37. The number of nitrogens with zero attached hydrogens (tertiary/aromatic N) is 1. The van der Waals surface area contributed by atoms with Gasteiger partial charge in [0, 0.05) is 22.8 Å². The molecule has 0 aliphatic carbocycles. The Morgan fingerprint density at radius 2 is 2.15 bits per heavy atom. The van der Waals surface area contributed by atoms with Crippen LogP contribution in [0.25, 0.3) is 0 Å². The number of H-pyrrole nitrogens is 1. The fourth-order valence-corrected chi connectivity index (χ4v) is 4.39. The van der Waals surface area contributed by atoms with Crippen LogP contribution in [-0.2, 0) is 25.0 Å². The van der Waals surface area contributed by atoms with E-state index in [9.17, 15) is 14.2 Å². The number of hydrogen-bond donors (Lipinski definition) is 1. The predicted octanol–water partition coefficient (Wildman–Crippen LogP) is 2.60. The van der Waals surface area contributed by atoms with Crippen LogP contribution in [0.2, 0.25) is 5.02 Å². The maximum atomic E-state index is 12.6. The molecule has 0 bridgehead atoms. The molecule has 0 amide bonds. The van der Waals surface area contributed by atoms with Gasteiger partial charge in [-0.2, -0.15) is 0 Å². The number of phosphoric ester groups is 1. The van der Waals surface area contributed by atoms with Crippen molar-refractivity contribution in [2.24, 2.45) is 0 Å². The van der Waals surface area contributed by atoms with E-state index >= 15 is 0 Å². The van der Waals surface area contributed by atoms with Gasteiger partial charge in [-0.05, 0) is 31.0 Å². The van der Waals surface area contributed by atoms with E-state index in [1.165, 1.54) is 16.8 Å². The first kappa shape index (κ1) is 18.5. The molecular weight excluding hydrogens is 399 g/mol. The van der Waals surface area contributed by atoms with E-state index in [1.807, 2.05) is 0 Å². The van der Waals surface area contributed by atoms with Crippen LogP contribution in [-0.4, -0.2) is 22.3 Å². The Bertz CT molecular complexity index is 1020. The highest BCUT2D eigenvalue weighted by Crippen LogP contribution is 2.55. The summed E-state index contributed by atoms with van der Waals surface area (Å²) in [5, 5.41) is 0.529. The summed E-state index contributed by atoms with van der Waals surface area (Å²) in [5.41, 5.74) is -0.330. The number of ether oxygens (including phenoxy) is 1. The van der Waals surface area contributed by atoms with Crippen LogP contribution >= 0.6 is 19.4 Å². The lowest BCUT2D eigenvalue weighted by Crippen LogP contribution is -2.31. The van der Waals surface area contributed by atoms with E-state index in [4.69, 9.17) is 29.9 Å². The number of nitrogens with one attached hydrogen (secondary N) is 1. The molecule has 1 aromatic carbocycles. The molecular formula is C16H16ClN2O7P. The molecule has 3 unspecified atom stereocenters. The lowest BCUT2D eigenvalue weighted by atomic mass is 10.2. The zero-order valence-electron chi connectivity index (χ0n) is 14.0. The van der Waals surface area contributed by atoms with Gasteiger partial charge in [0.1, 0.15) is 12.0 Å². The van der Waals surface area contributed by atoms with E-state index in [-0.39, 0.29) is 13.2 Å². The lowest BCUT2D eigenvalue weighted by Gasteiger charge is -2.25. The molecule has 0 saturated carbocycles. The summed E-state index contributed by atoms with van der Waals surface area (Å²) in [6.07, 6.45) is 1.60. The third-order valence-electron chi connectivity index (χ3n) is 4.28. The third kappa shape index (κ3) is 4.02. The number of fused-ring (bicyclic) bond motifs is 1. The fourth-order valence-electron chi connectivity index (χ4n) is 2.95. The van der Waals surface area contributed by atoms with Gasteiger partial charge in [-0.3, -0.25) is 23.4 Å². The summed E-state index contributed by atoms with van der Waals surface area (Å²) < 4.78 is 35.7. The predicted molar refractivity (Wildman–Crippen MR) is 94.9 cm³/mol. The number of phosphoric acid groups is 1. The van der Waals surface area contributed by atoms with Gasteiger partial charge >= 0.3 is 13.5 Å². The van der Waals surface area contributed by atoms with Crippen molar-refractivity contribution < 1.29 is 22.9 Å². The van der Waals surface area contributed by atoms with Crippen LogP contribution in [0.5, 0.6) is 5.75 Å². The second kappa shape index (κ2) is 7.26. The first-order chi connectivity index (χ1) is 12.9. The van der Waals surface area contributed by atoms with Crippen molar-refractivity contribution in [3.8, 4) is 5.75 Å². The SMILES string of the molecule is O=c1ccn(C2CCC(COP3(=O)OCc4cc(Cl)ccc4O3)O2)c(=O)[nH]1. The summed E-state index contributed by atoms with van der Waals surface area (Å²) in [5.74, 6) is 0.402. The van der Waals surface area contributed by atoms with Crippen LogP contribution < -0.4 is 15.8 Å². The van der Waals surface area contributed by atoms with Crippen molar-refractivity contribution in [1.29, 1.82) is 0 Å². The van der Waals surface area contributed by atoms with E-state index in [2.05, 4.69) is 4.98 Å². The van der Waals surface area contributed by atoms with Crippen LogP contribution in [0.4, 0.5) is 0 Å². The number of rotatable bonds is 4. The van der Waals surface area contributed by atoms with Crippen molar-refractivity contribution in [2.45, 2.75) is 31.8 Å². The smallest absolute Gasteiger partial charge is 0.404 e. The molecule has 1 N–H and O–H groups in total. The van der Waals surface area contributed by atoms with Crippen LogP contribution in [0.3, 0.4) is 0 Å². The van der Waals surface area contributed by atoms with Crippen LogP contribution in [0.15, 0.2) is 40.1 Å². The maximum absolute atomic E-state index is 12.6. The highest BCUT2D eigenvalue weighted by atomic mass is 35.5. The lowest BCUT2D eigenvalue weighted by molar-refractivity contribution is -0.0264. The van der Waals surface area contributed by atoms with Gasteiger partial charge in [0.15, 0.2) is 0 Å². The number of aromatic nitrogens is 2. The van der Waals surface area contributed by atoms with Crippen LogP contribution in [0.1, 0.15) is 24.6 Å². The van der Waals surface area contributed by atoms with E-state index in [0.29, 0.717) is 29.2 Å². The first-order valence-corrected chi connectivity index (χ1v) is 10.1. The van der Waals surface area contributed by atoms with Gasteiger partial charge in [-0.1, -0.05) is 11.6 Å². The Morgan fingerprint density at radius 1 is 1.30 bits per heavy atom. The number of aromatic amines is 1. The fraction of sp³-hybridized carbons (Fsp3) is 0.375. The van der Waals surface area contributed by atoms with Gasteiger partial charge in [-0.15, -0.1) is 0 Å². The van der Waals surface area contributed by atoms with Gasteiger partial charge in [0.2, 0.25) is 0 Å². The summed E-state index contributed by atoms with van der Waals surface area (Å²) >= 11 is 5.91. The third-order valence-corrected chi connectivity index (χ3v) is 5.84. The molecule has 1 saturated heterocycles. The molecule has 27 heavy (non-hydrogen) atoms. The average Bonchev–Trinajstić information content (AvgIpc) is 3.09. The quantitative estimate of drug-likeness (QED) is 0.766. The van der Waals surface area contributed by atoms with Gasteiger partial charge in [0.05, 0.1) is 19.3 Å². The minimum absolute atomic E-state index is 0.0190. The minimum Gasteiger partial charge on any atom is -0.404 e. The monoisotopic (exact) mass is 414 g/mol. The van der Waals surface area contributed by atoms with Crippen molar-refractivity contribution in [1.82, 2.24) is 9.55 Å². The molecule has 2 aliphatic rings. The second-order valence-electron chi connectivity index (χ2n) is 6.17. The van der Waals surface area contributed by atoms with E-state index < -0.39 is 31.4 Å². The maximum Gasteiger partial charge on any atom is 0.530 e. The second-order valence-corrected chi connectivity index (χ2v) is 8.20. The number of hydrogen-bond acceptors (Lipinski definition) is 7. The van der Waals surface area contributed by atoms with Crippen molar-refractivity contribution in [3.63, 3.8) is 0 Å². The van der Waals surface area contributed by atoms with Crippen LogP contribution in [0, 0.1) is 0 Å². The molecule has 1 aromatic heterocycles. The molecule has 3 atom stereocenters. The summed E-state index contributed by atoms with van der Waals surface area (Å²) in [7, 11) is -3.76. The average molecular weight is 415 g/mol. The molecule has 144 valence electrons. The van der Waals surface area contributed by atoms with Crippen molar-refractivity contribution >= 4 is 19.4 Å². The summed E-state index contributed by atoms with van der Waals surface area (Å²) in [6.45, 7) is 0.0445. The Morgan fingerprint density at radius 3 is 2.96 bits per heavy atom. The van der Waals surface area contributed by atoms with E-state index in [1.54, 1.807) is 18.2 Å². The highest BCUT2D eigenvalue weighted by molar-refractivity contribution is 7.49. The number of benzene rings is 1. The molecule has 2 aliphatic heterocycles. The topological polar surface area (TPSA) is 109 Å². The molecule has 3 heterocycles. The first-order valence-electron chi connectivity index (χ1n) is 8.26. The van der Waals surface area contributed by atoms with Gasteiger partial charge in [0.25, 0.3) is 5.56 Å². The van der Waals surface area contributed by atoms with Gasteiger partial charge in [-0.25, -0.2) is 9.36 Å². The molecule has 0 spiro atoms. The van der Waals surface area contributed by atoms with Crippen molar-refractivity contribution in [3.05, 3.63) is 61.9 Å². The van der Waals surface area contributed by atoms with E-state index in [0.717, 1.165) is 0 Å². The Kier molecular flexibility index (Phi) is 4.96. The zero-order chi connectivity index (χ0) is 19.0. The van der Waals surface area contributed by atoms with Crippen molar-refractivity contribution in [2.75, 3.05) is 6.61 Å². The standard InChI is InChI=1S/C16H16ClN2O7P/c17-11-1-3-13-10(7-11)8-23-27(22,26-13)24-9-12-2-4-15(25-12)19-6-5-14(20)18-16(19)21/h1,3,5-7,12,15H,2,4,8-9H2,(H,18,20,21). The molecule has 4 rings (SSSR count). The zero-order valence-corrected chi connectivity index (χ0v) is 15.7. The summed E-state index contributed by atoms with van der Waals surface area (Å²) in [4.78, 5) is 25.2. The Labute approximate surface area is 158 Å². The minimum atomic E-state index is -3.76. The normalized spacial score (nSPS) is 27.1. The molecule has 2 aromatic rings.